The van der Waals surface area contributed by atoms with Crippen LogP contribution in [0.3, 0.4) is 0 Å². The zero-order chi connectivity index (χ0) is 14.7. The highest BCUT2D eigenvalue weighted by atomic mass is 19.2. The van der Waals surface area contributed by atoms with Gasteiger partial charge in [0.25, 0.3) is 5.69 Å². The van der Waals surface area contributed by atoms with Crippen molar-refractivity contribution in [3.63, 3.8) is 0 Å². The second kappa shape index (κ2) is 5.91. The number of amides is 1. The molecular formula is C12H13F2N3O3. The predicted molar refractivity (Wildman–Crippen MR) is 67.2 cm³/mol. The molecule has 0 bridgehead atoms. The molecule has 2 rings (SSSR count). The average Bonchev–Trinajstić information content (AvgIpc) is 2.44. The molecule has 6 nitrogen and oxygen atoms in total. The van der Waals surface area contributed by atoms with E-state index in [0.717, 1.165) is 6.07 Å². The maximum absolute atomic E-state index is 13.6. The average molecular weight is 285 g/mol. The lowest BCUT2D eigenvalue weighted by molar-refractivity contribution is -0.384. The summed E-state index contributed by atoms with van der Waals surface area (Å²) >= 11 is 0. The van der Waals surface area contributed by atoms with Gasteiger partial charge in [-0.05, 0) is 32.0 Å². The molecule has 108 valence electrons. The Balaban J connectivity index is 2.25. The van der Waals surface area contributed by atoms with Crippen LogP contribution in [-0.2, 0) is 4.79 Å². The van der Waals surface area contributed by atoms with Crippen LogP contribution in [0.2, 0.25) is 0 Å². The minimum absolute atomic E-state index is 0.362. The minimum Gasteiger partial charge on any atom is -0.318 e. The fourth-order valence-corrected chi connectivity index (χ4v) is 2.12. The number of rotatable bonds is 3. The van der Waals surface area contributed by atoms with Crippen LogP contribution in [0.4, 0.5) is 20.2 Å². The number of carbonyl (C=O) groups excluding carboxylic acids is 1. The molecule has 0 radical (unpaired) electrons. The molecule has 0 aliphatic carbocycles. The SMILES string of the molecule is O=C(Nc1c([N+](=O)[O-])ccc(F)c1F)C1CCNCC1. The molecule has 1 aliphatic heterocycles. The second-order valence-corrected chi connectivity index (χ2v) is 4.53. The third-order valence-electron chi connectivity index (χ3n) is 3.23. The van der Waals surface area contributed by atoms with Gasteiger partial charge in [-0.2, -0.15) is 0 Å². The number of piperidine rings is 1. The van der Waals surface area contributed by atoms with Gasteiger partial charge in [0.05, 0.1) is 4.92 Å². The maximum Gasteiger partial charge on any atom is 0.296 e. The molecule has 1 saturated heterocycles. The van der Waals surface area contributed by atoms with Crippen LogP contribution in [0.25, 0.3) is 0 Å². The topological polar surface area (TPSA) is 84.3 Å². The van der Waals surface area contributed by atoms with Gasteiger partial charge in [0, 0.05) is 12.0 Å². The predicted octanol–water partition coefficient (Wildman–Crippen LogP) is 1.81. The summed E-state index contributed by atoms with van der Waals surface area (Å²) in [6.07, 6.45) is 1.10. The number of halogens is 2. The van der Waals surface area contributed by atoms with Crippen LogP contribution in [0.5, 0.6) is 0 Å². The summed E-state index contributed by atoms with van der Waals surface area (Å²) in [4.78, 5) is 21.9. The Bertz CT molecular complexity index is 545. The second-order valence-electron chi connectivity index (χ2n) is 4.53. The lowest BCUT2D eigenvalue weighted by atomic mass is 9.97. The molecule has 1 amide bonds. The Morgan fingerprint density at radius 1 is 1.35 bits per heavy atom. The van der Waals surface area contributed by atoms with Crippen LogP contribution >= 0.6 is 0 Å². The first kappa shape index (κ1) is 14.3. The van der Waals surface area contributed by atoms with Crippen LogP contribution in [-0.4, -0.2) is 23.9 Å². The van der Waals surface area contributed by atoms with E-state index in [0.29, 0.717) is 32.0 Å². The van der Waals surface area contributed by atoms with E-state index >= 15 is 0 Å². The first-order valence-electron chi connectivity index (χ1n) is 6.14. The van der Waals surface area contributed by atoms with E-state index in [2.05, 4.69) is 10.6 Å². The summed E-state index contributed by atoms with van der Waals surface area (Å²) in [6.45, 7) is 1.29. The van der Waals surface area contributed by atoms with Gasteiger partial charge >= 0.3 is 0 Å². The van der Waals surface area contributed by atoms with Crippen molar-refractivity contribution in [2.24, 2.45) is 5.92 Å². The van der Waals surface area contributed by atoms with Crippen molar-refractivity contribution in [3.05, 3.63) is 33.9 Å². The monoisotopic (exact) mass is 285 g/mol. The molecule has 1 aromatic rings. The molecule has 0 saturated carbocycles. The summed E-state index contributed by atoms with van der Waals surface area (Å²) in [5.74, 6) is -3.55. The quantitative estimate of drug-likeness (QED) is 0.655. The summed E-state index contributed by atoms with van der Waals surface area (Å²) in [7, 11) is 0. The van der Waals surface area contributed by atoms with Crippen LogP contribution in [0.1, 0.15) is 12.8 Å². The number of hydrogen-bond donors (Lipinski definition) is 2. The number of nitro groups is 1. The van der Waals surface area contributed by atoms with E-state index < -0.39 is 33.8 Å². The van der Waals surface area contributed by atoms with Crippen LogP contribution < -0.4 is 10.6 Å². The first-order chi connectivity index (χ1) is 9.50. The molecule has 8 heteroatoms. The van der Waals surface area contributed by atoms with E-state index in [1.54, 1.807) is 0 Å². The van der Waals surface area contributed by atoms with Crippen molar-refractivity contribution in [1.82, 2.24) is 5.32 Å². The highest BCUT2D eigenvalue weighted by molar-refractivity contribution is 5.94. The maximum atomic E-state index is 13.6. The molecule has 0 atom stereocenters. The van der Waals surface area contributed by atoms with Gasteiger partial charge in [-0.3, -0.25) is 14.9 Å². The van der Waals surface area contributed by atoms with E-state index in [-0.39, 0.29) is 5.92 Å². The molecule has 2 N–H and O–H groups in total. The fourth-order valence-electron chi connectivity index (χ4n) is 2.12. The molecule has 1 heterocycles. The van der Waals surface area contributed by atoms with E-state index in [1.165, 1.54) is 0 Å². The Hall–Kier alpha value is -2.09. The number of anilines is 1. The Morgan fingerprint density at radius 3 is 2.60 bits per heavy atom. The van der Waals surface area contributed by atoms with Crippen molar-refractivity contribution >= 4 is 17.3 Å². The Morgan fingerprint density at radius 2 is 2.00 bits per heavy atom. The highest BCUT2D eigenvalue weighted by Gasteiger charge is 2.27. The van der Waals surface area contributed by atoms with Crippen molar-refractivity contribution in [3.8, 4) is 0 Å². The number of nitrogens with one attached hydrogen (secondary N) is 2. The summed E-state index contributed by atoms with van der Waals surface area (Å²) < 4.78 is 26.8. The molecule has 20 heavy (non-hydrogen) atoms. The van der Waals surface area contributed by atoms with Gasteiger partial charge in [0.1, 0.15) is 0 Å². The van der Waals surface area contributed by atoms with Crippen molar-refractivity contribution in [1.29, 1.82) is 0 Å². The first-order valence-corrected chi connectivity index (χ1v) is 6.14. The molecule has 0 unspecified atom stereocenters. The lowest BCUT2D eigenvalue weighted by Gasteiger charge is -2.21. The number of hydrogen-bond acceptors (Lipinski definition) is 4. The van der Waals surface area contributed by atoms with Crippen LogP contribution in [0.15, 0.2) is 12.1 Å². The van der Waals surface area contributed by atoms with Crippen LogP contribution in [0, 0.1) is 27.7 Å². The number of benzene rings is 1. The zero-order valence-corrected chi connectivity index (χ0v) is 10.5. The summed E-state index contributed by atoms with van der Waals surface area (Å²) in [6, 6.07) is 1.49. The standard InChI is InChI=1S/C12H13F2N3O3/c13-8-1-2-9(17(19)20)11(10(8)14)16-12(18)7-3-5-15-6-4-7/h1-2,7,15H,3-6H2,(H,16,18). The number of nitro benzene ring substituents is 1. The zero-order valence-electron chi connectivity index (χ0n) is 10.5. The lowest BCUT2D eigenvalue weighted by Crippen LogP contribution is -2.34. The molecule has 0 aromatic heterocycles. The van der Waals surface area contributed by atoms with Gasteiger partial charge in [-0.1, -0.05) is 0 Å². The van der Waals surface area contributed by atoms with Gasteiger partial charge in [0.2, 0.25) is 5.91 Å². The smallest absolute Gasteiger partial charge is 0.296 e. The number of nitrogens with zero attached hydrogens (tertiary/aromatic N) is 1. The third-order valence-corrected chi connectivity index (χ3v) is 3.23. The molecule has 1 aromatic carbocycles. The van der Waals surface area contributed by atoms with E-state index in [4.69, 9.17) is 0 Å². The largest absolute Gasteiger partial charge is 0.318 e. The van der Waals surface area contributed by atoms with Gasteiger partial charge in [-0.25, -0.2) is 8.78 Å². The van der Waals surface area contributed by atoms with E-state index in [9.17, 15) is 23.7 Å². The van der Waals surface area contributed by atoms with Crippen molar-refractivity contribution < 1.29 is 18.5 Å². The highest BCUT2D eigenvalue weighted by Crippen LogP contribution is 2.30. The van der Waals surface area contributed by atoms with E-state index in [1.807, 2.05) is 0 Å². The molecule has 1 aliphatic rings. The molecular weight excluding hydrogens is 272 g/mol. The summed E-state index contributed by atoms with van der Waals surface area (Å²) in [5, 5.41) is 16.0. The third kappa shape index (κ3) is 2.90. The number of carbonyl (C=O) groups is 1. The minimum atomic E-state index is -1.42. The van der Waals surface area contributed by atoms with Gasteiger partial charge < -0.3 is 10.6 Å². The van der Waals surface area contributed by atoms with Gasteiger partial charge in [0.15, 0.2) is 17.3 Å². The summed E-state index contributed by atoms with van der Waals surface area (Å²) in [5.41, 5.74) is -1.37. The normalized spacial score (nSPS) is 15.9. The van der Waals surface area contributed by atoms with Crippen molar-refractivity contribution in [2.45, 2.75) is 12.8 Å². The van der Waals surface area contributed by atoms with Gasteiger partial charge in [-0.15, -0.1) is 0 Å². The van der Waals surface area contributed by atoms with Crippen molar-refractivity contribution in [2.75, 3.05) is 18.4 Å². The fraction of sp³-hybridized carbons (Fsp3) is 0.417. The Labute approximate surface area is 113 Å². The Kier molecular flexibility index (Phi) is 4.23. The molecule has 1 fully saturated rings. The molecule has 0 spiro atoms.